The van der Waals surface area contributed by atoms with E-state index in [1.807, 2.05) is 12.2 Å². The second-order valence-corrected chi connectivity index (χ2v) is 34.0. The molecule has 0 aromatic carbocycles. The topological polar surface area (TPSA) is 231 Å². The van der Waals surface area contributed by atoms with Crippen molar-refractivity contribution in [2.45, 2.75) is 399 Å². The lowest BCUT2D eigenvalue weighted by Crippen LogP contribution is -2.30. The molecule has 119 heavy (non-hydrogen) atoms. The van der Waals surface area contributed by atoms with Crippen LogP contribution in [0.3, 0.4) is 0 Å². The first kappa shape index (κ1) is 114. The van der Waals surface area contributed by atoms with E-state index in [4.69, 9.17) is 32.3 Å². The standard InChI is InChI=1S/C101H170O16P2/c1-4-7-10-13-16-19-22-25-28-31-33-35-37-39-41-43-45-46-47-48-50-52-53-55-57-59-61-64-66-69-72-75-78-81-84-87-99(104)111-90-96(102)91-113-118(107,108)114-92-97(103)93-115-119(109,110)116-95-98(117-101(106)89-86-83-80-77-74-71-68-63-30-27-24-21-18-15-12-9-6-3)94-112-100(105)88-85-82-79-76-73-70-67-65-62-60-58-56-54-51-49-44-42-40-38-36-34-32-29-26-23-20-17-14-11-8-5-2/h7,9-10,12,16-21,25-30,33-36,39-42,45-46,68,71,77,80,96-98,102-103H,4-6,8,11,13-15,22-24,31-32,37-38,43-44,47-67,69-70,72-76,78-79,81-95H2,1-3H3,(H,107,108)(H,109,110)/b10-7-,12-9-,19-16-,20-17-,21-18-,28-25-,29-26-,30-27-,35-33-,36-34-,41-39-,42-40-,46-45-,71-68-,80-77-. The molecular formula is C101H170O16P2. The van der Waals surface area contributed by atoms with Crippen molar-refractivity contribution < 1.29 is 75.8 Å². The summed E-state index contributed by atoms with van der Waals surface area (Å²) < 4.78 is 61.4. The summed E-state index contributed by atoms with van der Waals surface area (Å²) in [5.41, 5.74) is 0. The molecule has 0 saturated carbocycles. The lowest BCUT2D eigenvalue weighted by molar-refractivity contribution is -0.161. The van der Waals surface area contributed by atoms with Gasteiger partial charge in [-0.15, -0.1) is 0 Å². The Hall–Kier alpha value is -5.35. The highest BCUT2D eigenvalue weighted by Gasteiger charge is 2.29. The van der Waals surface area contributed by atoms with Gasteiger partial charge in [-0.25, -0.2) is 9.13 Å². The minimum atomic E-state index is -4.96. The first-order valence-electron chi connectivity index (χ1n) is 47.1. The second-order valence-electron chi connectivity index (χ2n) is 31.0. The molecule has 0 aliphatic rings. The third-order valence-electron chi connectivity index (χ3n) is 19.6. The van der Waals surface area contributed by atoms with Crippen LogP contribution in [0.4, 0.5) is 0 Å². The molecule has 0 saturated heterocycles. The molecule has 0 rings (SSSR count). The molecule has 18 heteroatoms. The number of unbranched alkanes of at least 4 members (excludes halogenated alkanes) is 35. The molecule has 0 aromatic heterocycles. The van der Waals surface area contributed by atoms with Crippen LogP contribution in [-0.2, 0) is 55.8 Å². The number of hydrogen-bond acceptors (Lipinski definition) is 14. The number of phosphoric acid groups is 2. The molecule has 0 aliphatic heterocycles. The van der Waals surface area contributed by atoms with Gasteiger partial charge in [0.05, 0.1) is 26.4 Å². The Bertz CT molecular complexity index is 2890. The largest absolute Gasteiger partial charge is 0.472 e. The lowest BCUT2D eigenvalue weighted by Gasteiger charge is -2.21. The Kier molecular flexibility index (Phi) is 87.7. The molecule has 0 bridgehead atoms. The molecule has 16 nitrogen and oxygen atoms in total. The van der Waals surface area contributed by atoms with E-state index in [0.717, 1.165) is 135 Å². The van der Waals surface area contributed by atoms with Gasteiger partial charge in [0, 0.05) is 19.3 Å². The van der Waals surface area contributed by atoms with Gasteiger partial charge in [-0.2, -0.15) is 0 Å². The third kappa shape index (κ3) is 93.2. The monoisotopic (exact) mass is 1700 g/mol. The molecule has 0 fully saturated rings. The third-order valence-corrected chi connectivity index (χ3v) is 21.5. The zero-order valence-electron chi connectivity index (χ0n) is 75.0. The first-order valence-corrected chi connectivity index (χ1v) is 50.1. The van der Waals surface area contributed by atoms with E-state index < -0.39 is 91.5 Å². The maximum Gasteiger partial charge on any atom is 0.472 e. The van der Waals surface area contributed by atoms with Gasteiger partial charge < -0.3 is 34.2 Å². The summed E-state index contributed by atoms with van der Waals surface area (Å²) in [5, 5.41) is 20.7. The highest BCUT2D eigenvalue weighted by atomic mass is 31.2. The molecule has 0 radical (unpaired) electrons. The summed E-state index contributed by atoms with van der Waals surface area (Å²) in [6.45, 7) is 2.39. The Morgan fingerprint density at radius 1 is 0.244 bits per heavy atom. The van der Waals surface area contributed by atoms with Gasteiger partial charge >= 0.3 is 33.6 Å². The van der Waals surface area contributed by atoms with Crippen molar-refractivity contribution in [2.75, 3.05) is 39.6 Å². The zero-order chi connectivity index (χ0) is 86.5. The molecule has 5 unspecified atom stereocenters. The fraction of sp³-hybridized carbons (Fsp3) is 0.673. The van der Waals surface area contributed by atoms with Gasteiger partial charge in [0.1, 0.15) is 25.4 Å². The first-order chi connectivity index (χ1) is 58.2. The Balaban J connectivity index is 4.50. The van der Waals surface area contributed by atoms with E-state index >= 15 is 0 Å². The predicted molar refractivity (Wildman–Crippen MR) is 500 cm³/mol. The van der Waals surface area contributed by atoms with E-state index in [-0.39, 0.29) is 19.3 Å². The zero-order valence-corrected chi connectivity index (χ0v) is 76.8. The second kappa shape index (κ2) is 91.8. The number of carbonyl (C=O) groups is 3. The average Bonchev–Trinajstić information content (AvgIpc) is 0.902. The SMILES string of the molecule is CC/C=C\C/C=C\C/C=C\C/C=C\C/C=C\C/C=C\CCCCCCCCCCCCCCCCCCC(=O)OCC(O)COP(=O)(O)OCC(O)COP(=O)(O)OCC(COC(=O)CCCCCCCCCCCCCCCCC/C=C\C/C=C\C/C=C\C/C=C\CCCCC)OC(=O)CCC/C=C\C/C=C\C/C=C\C/C=C\C/C=C\CC. The van der Waals surface area contributed by atoms with E-state index in [9.17, 15) is 43.5 Å². The number of aliphatic hydroxyl groups is 2. The predicted octanol–water partition coefficient (Wildman–Crippen LogP) is 29.2. The van der Waals surface area contributed by atoms with Crippen molar-refractivity contribution in [2.24, 2.45) is 0 Å². The summed E-state index contributed by atoms with van der Waals surface area (Å²) in [4.78, 5) is 58.9. The summed E-state index contributed by atoms with van der Waals surface area (Å²) in [6.07, 6.45) is 121. The van der Waals surface area contributed by atoms with Gasteiger partial charge in [0.25, 0.3) is 0 Å². The number of carbonyl (C=O) groups excluding carboxylic acids is 3. The quantitative estimate of drug-likeness (QED) is 0.0146. The molecule has 0 amide bonds. The maximum atomic E-state index is 13.0. The van der Waals surface area contributed by atoms with Crippen molar-refractivity contribution in [1.82, 2.24) is 0 Å². The van der Waals surface area contributed by atoms with E-state index in [1.54, 1.807) is 0 Å². The Morgan fingerprint density at radius 3 is 0.731 bits per heavy atom. The number of rotatable bonds is 88. The fourth-order valence-corrected chi connectivity index (χ4v) is 14.1. The summed E-state index contributed by atoms with van der Waals surface area (Å²) >= 11 is 0. The molecule has 0 aliphatic carbocycles. The van der Waals surface area contributed by atoms with Gasteiger partial charge in [-0.3, -0.25) is 32.5 Å². The number of phosphoric ester groups is 2. The molecule has 0 heterocycles. The van der Waals surface area contributed by atoms with Gasteiger partial charge in [0.15, 0.2) is 6.10 Å². The molecule has 680 valence electrons. The van der Waals surface area contributed by atoms with Crippen LogP contribution in [0, 0.1) is 0 Å². The minimum Gasteiger partial charge on any atom is -0.463 e. The van der Waals surface area contributed by atoms with Gasteiger partial charge in [-0.1, -0.05) is 389 Å². The summed E-state index contributed by atoms with van der Waals surface area (Å²) in [5.74, 6) is -1.64. The van der Waals surface area contributed by atoms with Crippen molar-refractivity contribution in [3.63, 3.8) is 0 Å². The van der Waals surface area contributed by atoms with Crippen LogP contribution >= 0.6 is 15.6 Å². The summed E-state index contributed by atoms with van der Waals surface area (Å²) in [6, 6.07) is 0. The molecule has 5 atom stereocenters. The van der Waals surface area contributed by atoms with Crippen LogP contribution in [0.5, 0.6) is 0 Å². The van der Waals surface area contributed by atoms with Crippen molar-refractivity contribution in [3.05, 3.63) is 182 Å². The smallest absolute Gasteiger partial charge is 0.463 e. The van der Waals surface area contributed by atoms with Crippen molar-refractivity contribution >= 4 is 33.6 Å². The van der Waals surface area contributed by atoms with Crippen LogP contribution < -0.4 is 0 Å². The van der Waals surface area contributed by atoms with Crippen LogP contribution in [0.1, 0.15) is 380 Å². The molecular weight excluding hydrogens is 1530 g/mol. The maximum absolute atomic E-state index is 13.0. The van der Waals surface area contributed by atoms with E-state index in [1.165, 1.54) is 180 Å². The Labute approximate surface area is 725 Å². The normalized spacial score (nSPS) is 14.6. The van der Waals surface area contributed by atoms with Crippen molar-refractivity contribution in [3.8, 4) is 0 Å². The molecule has 4 N–H and O–H groups in total. The number of aliphatic hydroxyl groups excluding tert-OH is 2. The Morgan fingerprint density at radius 2 is 0.454 bits per heavy atom. The lowest BCUT2D eigenvalue weighted by atomic mass is 10.0. The number of allylic oxidation sites excluding steroid dienone is 30. The number of hydrogen-bond donors (Lipinski definition) is 4. The van der Waals surface area contributed by atoms with Gasteiger partial charge in [0.2, 0.25) is 0 Å². The van der Waals surface area contributed by atoms with Crippen molar-refractivity contribution in [1.29, 1.82) is 0 Å². The average molecular weight is 1700 g/mol. The highest BCUT2D eigenvalue weighted by molar-refractivity contribution is 7.47. The van der Waals surface area contributed by atoms with Crippen LogP contribution in [0.2, 0.25) is 0 Å². The van der Waals surface area contributed by atoms with Crippen LogP contribution in [-0.4, -0.2) is 95.9 Å². The van der Waals surface area contributed by atoms with E-state index in [0.29, 0.717) is 25.7 Å². The summed E-state index contributed by atoms with van der Waals surface area (Å²) in [7, 11) is -9.83. The molecule has 0 spiro atoms. The van der Waals surface area contributed by atoms with Crippen LogP contribution in [0.25, 0.3) is 0 Å². The molecule has 0 aromatic rings. The van der Waals surface area contributed by atoms with Gasteiger partial charge in [-0.05, 0) is 154 Å². The highest BCUT2D eigenvalue weighted by Crippen LogP contribution is 2.45. The minimum absolute atomic E-state index is 0.0228. The fourth-order valence-electron chi connectivity index (χ4n) is 12.5. The van der Waals surface area contributed by atoms with E-state index in [2.05, 4.69) is 191 Å². The van der Waals surface area contributed by atoms with Crippen LogP contribution in [0.15, 0.2) is 182 Å². The number of esters is 3. The number of ether oxygens (including phenoxy) is 3.